The molecule has 1 aliphatic heterocycles. The van der Waals surface area contributed by atoms with E-state index in [4.69, 9.17) is 5.73 Å². The third kappa shape index (κ3) is 3.18. The largest absolute Gasteiger partial charge is 0.364 e. The predicted molar refractivity (Wildman–Crippen MR) is 109 cm³/mol. The lowest BCUT2D eigenvalue weighted by molar-refractivity contribution is 0.0996. The number of nitrogens with zero attached hydrogens (tertiary/aromatic N) is 4. The van der Waals surface area contributed by atoms with Crippen LogP contribution in [0.1, 0.15) is 41.7 Å². The quantitative estimate of drug-likeness (QED) is 0.760. The molecule has 1 saturated carbocycles. The fourth-order valence-electron chi connectivity index (χ4n) is 4.59. The number of carbonyl (C=O) groups is 1. The van der Waals surface area contributed by atoms with Gasteiger partial charge < -0.3 is 5.73 Å². The van der Waals surface area contributed by atoms with Crippen molar-refractivity contribution in [2.45, 2.75) is 32.2 Å². The summed E-state index contributed by atoms with van der Waals surface area (Å²) in [5.41, 5.74) is 10.4. The minimum Gasteiger partial charge on any atom is -0.364 e. The summed E-state index contributed by atoms with van der Waals surface area (Å²) in [5, 5.41) is 5.28. The lowest BCUT2D eigenvalue weighted by atomic mass is 9.94. The number of rotatable bonds is 4. The first-order chi connectivity index (χ1) is 13.5. The highest BCUT2D eigenvalue weighted by Crippen LogP contribution is 2.52. The number of fused-ring (bicyclic) bond motifs is 1. The highest BCUT2D eigenvalue weighted by molar-refractivity contribution is 6.00. The summed E-state index contributed by atoms with van der Waals surface area (Å²) in [5.74, 6) is -0.510. The van der Waals surface area contributed by atoms with Crippen molar-refractivity contribution in [1.82, 2.24) is 19.7 Å². The minimum atomic E-state index is -0.510. The molecule has 2 aromatic heterocycles. The van der Waals surface area contributed by atoms with Gasteiger partial charge in [-0.1, -0.05) is 12.1 Å². The maximum absolute atomic E-state index is 11.8. The third-order valence-corrected chi connectivity index (χ3v) is 6.25. The second-order valence-electron chi connectivity index (χ2n) is 8.49. The van der Waals surface area contributed by atoms with Crippen LogP contribution in [0, 0.1) is 5.41 Å². The number of piperidine rings is 1. The Labute approximate surface area is 164 Å². The Balaban J connectivity index is 1.52. The summed E-state index contributed by atoms with van der Waals surface area (Å²) in [6, 6.07) is 8.17. The van der Waals surface area contributed by atoms with Crippen LogP contribution in [0.25, 0.3) is 22.0 Å². The van der Waals surface area contributed by atoms with Crippen molar-refractivity contribution in [3.05, 3.63) is 47.9 Å². The molecular weight excluding hydrogens is 350 g/mol. The highest BCUT2D eigenvalue weighted by atomic mass is 16.1. The Morgan fingerprint density at radius 3 is 2.82 bits per heavy atom. The number of carbonyl (C=O) groups excluding carboxylic acids is 1. The maximum Gasteiger partial charge on any atom is 0.267 e. The zero-order valence-electron chi connectivity index (χ0n) is 16.2. The second kappa shape index (κ2) is 6.41. The number of likely N-dealkylation sites (tertiary alicyclic amines) is 1. The van der Waals surface area contributed by atoms with Crippen molar-refractivity contribution in [3.63, 3.8) is 0 Å². The first kappa shape index (κ1) is 17.4. The van der Waals surface area contributed by atoms with Crippen LogP contribution in [0.2, 0.25) is 0 Å². The third-order valence-electron chi connectivity index (χ3n) is 6.25. The van der Waals surface area contributed by atoms with E-state index in [2.05, 4.69) is 33.2 Å². The molecule has 5 rings (SSSR count). The monoisotopic (exact) mass is 375 g/mol. The summed E-state index contributed by atoms with van der Waals surface area (Å²) in [6.45, 7) is 3.30. The second-order valence-corrected chi connectivity index (χ2v) is 8.49. The number of benzene rings is 1. The van der Waals surface area contributed by atoms with Crippen LogP contribution >= 0.6 is 0 Å². The van der Waals surface area contributed by atoms with Gasteiger partial charge >= 0.3 is 0 Å². The molecule has 0 unspecified atom stereocenters. The molecule has 2 aliphatic rings. The number of hydrogen-bond acceptors (Lipinski definition) is 4. The van der Waals surface area contributed by atoms with E-state index in [0.29, 0.717) is 11.1 Å². The minimum absolute atomic E-state index is 0.290. The number of aromatic nitrogens is 3. The fourth-order valence-corrected chi connectivity index (χ4v) is 4.59. The van der Waals surface area contributed by atoms with Gasteiger partial charge in [0.05, 0.1) is 11.7 Å². The Kier molecular flexibility index (Phi) is 3.98. The van der Waals surface area contributed by atoms with E-state index in [0.717, 1.165) is 35.1 Å². The summed E-state index contributed by atoms with van der Waals surface area (Å²) < 4.78 is 1.75. The van der Waals surface area contributed by atoms with Crippen molar-refractivity contribution < 1.29 is 4.79 Å². The molecule has 0 bridgehead atoms. The Bertz CT molecular complexity index is 1070. The molecule has 0 radical (unpaired) electrons. The van der Waals surface area contributed by atoms with Crippen molar-refractivity contribution >= 4 is 16.8 Å². The van der Waals surface area contributed by atoms with Crippen LogP contribution in [0.15, 0.2) is 36.7 Å². The van der Waals surface area contributed by atoms with Crippen molar-refractivity contribution in [2.75, 3.05) is 13.1 Å². The number of aryl methyl sites for hydroxylation is 1. The molecule has 1 aliphatic carbocycles. The molecule has 3 aromatic rings. The van der Waals surface area contributed by atoms with Gasteiger partial charge in [-0.2, -0.15) is 5.10 Å². The fraction of sp³-hybridized carbons (Fsp3) is 0.409. The van der Waals surface area contributed by atoms with Crippen LogP contribution in [-0.4, -0.2) is 38.7 Å². The van der Waals surface area contributed by atoms with Crippen LogP contribution in [0.4, 0.5) is 0 Å². The van der Waals surface area contributed by atoms with E-state index in [1.165, 1.54) is 37.8 Å². The van der Waals surface area contributed by atoms with Crippen LogP contribution in [0.5, 0.6) is 0 Å². The molecule has 1 aromatic carbocycles. The highest BCUT2D eigenvalue weighted by Gasteiger charge is 2.45. The van der Waals surface area contributed by atoms with Crippen LogP contribution < -0.4 is 5.73 Å². The van der Waals surface area contributed by atoms with E-state index >= 15 is 0 Å². The van der Waals surface area contributed by atoms with Gasteiger partial charge in [0, 0.05) is 37.3 Å². The van der Waals surface area contributed by atoms with E-state index in [1.54, 1.807) is 16.9 Å². The van der Waals surface area contributed by atoms with Gasteiger partial charge in [-0.15, -0.1) is 0 Å². The predicted octanol–water partition coefficient (Wildman–Crippen LogP) is 3.11. The molecule has 0 atom stereocenters. The van der Waals surface area contributed by atoms with Gasteiger partial charge in [0.25, 0.3) is 5.91 Å². The van der Waals surface area contributed by atoms with Gasteiger partial charge in [0.1, 0.15) is 5.69 Å². The number of pyridine rings is 1. The Morgan fingerprint density at radius 2 is 2.11 bits per heavy atom. The summed E-state index contributed by atoms with van der Waals surface area (Å²) in [6.07, 6.45) is 9.20. The Morgan fingerprint density at radius 1 is 1.25 bits per heavy atom. The maximum atomic E-state index is 11.8. The summed E-state index contributed by atoms with van der Waals surface area (Å²) in [4.78, 5) is 19.0. The van der Waals surface area contributed by atoms with Gasteiger partial charge in [-0.3, -0.25) is 14.4 Å². The summed E-state index contributed by atoms with van der Waals surface area (Å²) >= 11 is 0. The van der Waals surface area contributed by atoms with E-state index in [-0.39, 0.29) is 0 Å². The van der Waals surface area contributed by atoms with Crippen LogP contribution in [-0.2, 0) is 13.6 Å². The average Bonchev–Trinajstić information content (AvgIpc) is 3.26. The normalized spacial score (nSPS) is 18.6. The molecule has 6 nitrogen and oxygen atoms in total. The van der Waals surface area contributed by atoms with Crippen molar-refractivity contribution in [3.8, 4) is 11.1 Å². The SMILES string of the molecule is Cn1cc(-c2cc(C(N)=O)nc3cc(CN4CCCC5(CC5)C4)ccc23)cn1. The van der Waals surface area contributed by atoms with Gasteiger partial charge in [0.2, 0.25) is 0 Å². The molecule has 3 heterocycles. The first-order valence-corrected chi connectivity index (χ1v) is 9.96. The van der Waals surface area contributed by atoms with Crippen molar-refractivity contribution in [1.29, 1.82) is 0 Å². The van der Waals surface area contributed by atoms with Crippen LogP contribution in [0.3, 0.4) is 0 Å². The number of nitrogens with two attached hydrogens (primary N) is 1. The average molecular weight is 375 g/mol. The smallest absolute Gasteiger partial charge is 0.267 e. The molecule has 1 spiro atoms. The standard InChI is InChI=1S/C22H25N5O/c1-26-13-16(11-24-26)18-10-20(21(23)28)25-19-9-15(3-4-17(18)19)12-27-8-2-5-22(14-27)6-7-22/h3-4,9-11,13H,2,5-8,12,14H2,1H3,(H2,23,28). The van der Waals surface area contributed by atoms with Gasteiger partial charge in [-0.25, -0.2) is 4.98 Å². The topological polar surface area (TPSA) is 77.0 Å². The lowest BCUT2D eigenvalue weighted by Gasteiger charge is -2.33. The summed E-state index contributed by atoms with van der Waals surface area (Å²) in [7, 11) is 1.88. The molecule has 28 heavy (non-hydrogen) atoms. The molecule has 2 fully saturated rings. The molecule has 6 heteroatoms. The molecule has 1 saturated heterocycles. The molecule has 2 N–H and O–H groups in total. The zero-order valence-corrected chi connectivity index (χ0v) is 16.2. The zero-order chi connectivity index (χ0) is 19.3. The number of primary amides is 1. The van der Waals surface area contributed by atoms with Gasteiger partial charge in [-0.05, 0) is 60.9 Å². The van der Waals surface area contributed by atoms with E-state index < -0.39 is 5.91 Å². The Hall–Kier alpha value is -2.73. The lowest BCUT2D eigenvalue weighted by Crippen LogP contribution is -2.35. The van der Waals surface area contributed by atoms with Crippen molar-refractivity contribution in [2.24, 2.45) is 18.2 Å². The van der Waals surface area contributed by atoms with E-state index in [9.17, 15) is 4.79 Å². The van der Waals surface area contributed by atoms with Gasteiger partial charge in [0.15, 0.2) is 0 Å². The van der Waals surface area contributed by atoms with E-state index in [1.807, 2.05) is 13.2 Å². The molecule has 144 valence electrons. The number of amides is 1. The molecule has 1 amide bonds. The molecular formula is C22H25N5O. The first-order valence-electron chi connectivity index (χ1n) is 9.96. The number of hydrogen-bond donors (Lipinski definition) is 1.